The van der Waals surface area contributed by atoms with E-state index in [1.54, 1.807) is 0 Å². The second-order valence-corrected chi connectivity index (χ2v) is 12.2. The quantitative estimate of drug-likeness (QED) is 0.335. The molecule has 2 aromatic carbocycles. The van der Waals surface area contributed by atoms with Gasteiger partial charge < -0.3 is 20.0 Å². The van der Waals surface area contributed by atoms with Crippen LogP contribution in [0.3, 0.4) is 0 Å². The first-order valence-electron chi connectivity index (χ1n) is 14.4. The van der Waals surface area contributed by atoms with Crippen molar-refractivity contribution < 1.29 is 10.2 Å². The number of fused-ring (bicyclic) bond motifs is 2. The molecular weight excluding hydrogens is 464 g/mol. The zero-order valence-corrected chi connectivity index (χ0v) is 22.7. The smallest absolute Gasteiger partial charge is 0.0790 e. The van der Waals surface area contributed by atoms with Crippen molar-refractivity contribution in [2.75, 3.05) is 39.3 Å². The lowest BCUT2D eigenvalue weighted by Gasteiger charge is -2.27. The van der Waals surface area contributed by atoms with Crippen LogP contribution in [0.4, 0.5) is 0 Å². The van der Waals surface area contributed by atoms with Gasteiger partial charge in [-0.1, -0.05) is 48.9 Å². The van der Waals surface area contributed by atoms with E-state index in [2.05, 4.69) is 46.2 Å². The van der Waals surface area contributed by atoms with E-state index in [1.165, 1.54) is 85.6 Å². The van der Waals surface area contributed by atoms with Crippen molar-refractivity contribution in [2.24, 2.45) is 0 Å². The number of hydrogen-bond acceptors (Lipinski definition) is 5. The maximum Gasteiger partial charge on any atom is 0.0790 e. The molecule has 196 valence electrons. The van der Waals surface area contributed by atoms with Crippen molar-refractivity contribution in [3.05, 3.63) is 58.7 Å². The lowest BCUT2D eigenvalue weighted by atomic mass is 9.95. The van der Waals surface area contributed by atoms with E-state index in [9.17, 15) is 10.2 Å². The first-order valence-corrected chi connectivity index (χ1v) is 15.2. The Morgan fingerprint density at radius 1 is 0.639 bits per heavy atom. The molecule has 5 heteroatoms. The second-order valence-electron chi connectivity index (χ2n) is 11.1. The number of aliphatic hydroxyl groups is 2. The molecule has 36 heavy (non-hydrogen) atoms. The molecule has 2 saturated heterocycles. The number of likely N-dealkylation sites (tertiary alicyclic amines) is 2. The van der Waals surface area contributed by atoms with Crippen molar-refractivity contribution >= 4 is 11.8 Å². The number of nitrogens with zero attached hydrogens (tertiary/aromatic N) is 2. The summed E-state index contributed by atoms with van der Waals surface area (Å²) in [6.45, 7) is 7.10. The fraction of sp³-hybridized carbons (Fsp3) is 0.613. The average Bonchev–Trinajstić information content (AvgIpc) is 2.92. The van der Waals surface area contributed by atoms with E-state index < -0.39 is 0 Å². The molecule has 3 aliphatic rings. The Bertz CT molecular complexity index is 907. The number of hydrogen-bond donors (Lipinski definition) is 2. The molecule has 2 atom stereocenters. The maximum atomic E-state index is 10.9. The highest BCUT2D eigenvalue weighted by Gasteiger charge is 2.20. The lowest BCUT2D eigenvalue weighted by molar-refractivity contribution is 0.150. The Morgan fingerprint density at radius 3 is 1.53 bits per heavy atom. The van der Waals surface area contributed by atoms with Crippen LogP contribution in [0.2, 0.25) is 0 Å². The van der Waals surface area contributed by atoms with Crippen molar-refractivity contribution in [2.45, 2.75) is 92.6 Å². The first kappa shape index (κ1) is 26.2. The van der Waals surface area contributed by atoms with Crippen molar-refractivity contribution in [3.8, 4) is 0 Å². The number of rotatable bonds is 10. The highest BCUT2D eigenvalue weighted by Crippen LogP contribution is 2.41. The molecule has 3 aliphatic heterocycles. The van der Waals surface area contributed by atoms with Crippen LogP contribution in [0, 0.1) is 0 Å². The Kier molecular flexibility index (Phi) is 9.42. The first-order chi connectivity index (χ1) is 17.7. The van der Waals surface area contributed by atoms with Crippen LogP contribution in [-0.4, -0.2) is 59.3 Å². The van der Waals surface area contributed by atoms with Gasteiger partial charge in [0.25, 0.3) is 0 Å². The molecule has 2 aromatic rings. The third-order valence-corrected chi connectivity index (χ3v) is 9.58. The molecule has 2 unspecified atom stereocenters. The maximum absolute atomic E-state index is 10.9. The summed E-state index contributed by atoms with van der Waals surface area (Å²) in [6, 6.07) is 13.0. The summed E-state index contributed by atoms with van der Waals surface area (Å²) in [6.07, 6.45) is 11.9. The molecule has 3 heterocycles. The zero-order valence-electron chi connectivity index (χ0n) is 21.8. The summed E-state index contributed by atoms with van der Waals surface area (Å²) >= 11 is 1.82. The van der Waals surface area contributed by atoms with Crippen molar-refractivity contribution in [1.29, 1.82) is 0 Å². The van der Waals surface area contributed by atoms with Gasteiger partial charge in [-0.15, -0.1) is 0 Å². The fourth-order valence-electron chi connectivity index (χ4n) is 6.13. The highest BCUT2D eigenvalue weighted by molar-refractivity contribution is 7.99. The van der Waals surface area contributed by atoms with Crippen LogP contribution >= 0.6 is 11.8 Å². The average molecular weight is 509 g/mol. The molecular formula is C31H44N2O2S. The number of piperidine rings is 2. The van der Waals surface area contributed by atoms with Gasteiger partial charge in [-0.3, -0.25) is 0 Å². The van der Waals surface area contributed by atoms with Crippen LogP contribution in [0.25, 0.3) is 0 Å². The van der Waals surface area contributed by atoms with E-state index in [4.69, 9.17) is 0 Å². The topological polar surface area (TPSA) is 46.9 Å². The highest BCUT2D eigenvalue weighted by atomic mass is 32.2. The molecule has 0 spiro atoms. The Labute approximate surface area is 222 Å². The molecule has 2 N–H and O–H groups in total. The molecule has 0 radical (unpaired) electrons. The predicted octanol–water partition coefficient (Wildman–Crippen LogP) is 6.34. The van der Waals surface area contributed by atoms with E-state index in [-0.39, 0.29) is 12.2 Å². The molecule has 2 fully saturated rings. The summed E-state index contributed by atoms with van der Waals surface area (Å²) in [7, 11) is 0. The number of aliphatic hydroxyl groups excluding tert-OH is 2. The summed E-state index contributed by atoms with van der Waals surface area (Å²) in [5, 5.41) is 21.8. The van der Waals surface area contributed by atoms with Gasteiger partial charge in [-0.05, 0) is 131 Å². The van der Waals surface area contributed by atoms with Gasteiger partial charge in [0.05, 0.1) is 12.2 Å². The summed E-state index contributed by atoms with van der Waals surface area (Å²) < 4.78 is 0. The number of benzene rings is 2. The molecule has 4 nitrogen and oxygen atoms in total. The normalized spacial score (nSPS) is 20.5. The standard InChI is InChI=1S/C31H44N2O2S/c34-28(9-7-19-32-15-3-1-4-16-32)24-11-13-30-26(21-24)23-27-22-25(12-14-31(27)36-30)29(35)10-8-20-33-17-5-2-6-18-33/h11-14,21-22,28-29,34-35H,1-10,15-20,23H2. The molecule has 5 rings (SSSR count). The van der Waals surface area contributed by atoms with E-state index >= 15 is 0 Å². The summed E-state index contributed by atoms with van der Waals surface area (Å²) in [5.41, 5.74) is 4.70. The third kappa shape index (κ3) is 6.93. The van der Waals surface area contributed by atoms with Gasteiger partial charge >= 0.3 is 0 Å². The van der Waals surface area contributed by atoms with Crippen molar-refractivity contribution in [3.63, 3.8) is 0 Å². The Hall–Kier alpha value is -1.37. The van der Waals surface area contributed by atoms with E-state index in [1.807, 2.05) is 11.8 Å². The predicted molar refractivity (Wildman–Crippen MR) is 149 cm³/mol. The summed E-state index contributed by atoms with van der Waals surface area (Å²) in [4.78, 5) is 7.69. The monoisotopic (exact) mass is 508 g/mol. The molecule has 0 amide bonds. The molecule has 0 aromatic heterocycles. The Balaban J connectivity index is 1.15. The summed E-state index contributed by atoms with van der Waals surface area (Å²) in [5.74, 6) is 0. The third-order valence-electron chi connectivity index (χ3n) is 8.34. The van der Waals surface area contributed by atoms with Crippen LogP contribution < -0.4 is 0 Å². The van der Waals surface area contributed by atoms with Crippen LogP contribution in [0.1, 0.15) is 98.7 Å². The molecule has 0 saturated carbocycles. The van der Waals surface area contributed by atoms with Gasteiger partial charge in [0, 0.05) is 9.79 Å². The lowest BCUT2D eigenvalue weighted by Crippen LogP contribution is -2.30. The zero-order chi connectivity index (χ0) is 24.7. The van der Waals surface area contributed by atoms with Gasteiger partial charge in [-0.25, -0.2) is 0 Å². The minimum Gasteiger partial charge on any atom is -0.388 e. The van der Waals surface area contributed by atoms with Crippen LogP contribution in [0.15, 0.2) is 46.2 Å². The van der Waals surface area contributed by atoms with Gasteiger partial charge in [0.15, 0.2) is 0 Å². The van der Waals surface area contributed by atoms with Gasteiger partial charge in [0.2, 0.25) is 0 Å². The SMILES string of the molecule is OC(CCCN1CCCCC1)c1ccc2c(c1)Cc1cc(C(O)CCCN3CCCCC3)ccc1S2. The molecule has 0 bridgehead atoms. The largest absolute Gasteiger partial charge is 0.388 e. The minimum atomic E-state index is -0.389. The fourth-order valence-corrected chi connectivity index (χ4v) is 7.16. The van der Waals surface area contributed by atoms with E-state index in [0.717, 1.165) is 56.3 Å². The van der Waals surface area contributed by atoms with Gasteiger partial charge in [0.1, 0.15) is 0 Å². The van der Waals surface area contributed by atoms with Crippen molar-refractivity contribution in [1.82, 2.24) is 9.80 Å². The van der Waals surface area contributed by atoms with Gasteiger partial charge in [-0.2, -0.15) is 0 Å². The Morgan fingerprint density at radius 2 is 1.08 bits per heavy atom. The minimum absolute atomic E-state index is 0.389. The van der Waals surface area contributed by atoms with Crippen LogP contribution in [0.5, 0.6) is 0 Å². The second kappa shape index (κ2) is 12.9. The molecule has 0 aliphatic carbocycles. The van der Waals surface area contributed by atoms with Crippen LogP contribution in [-0.2, 0) is 6.42 Å². The van der Waals surface area contributed by atoms with E-state index in [0.29, 0.717) is 0 Å².